The van der Waals surface area contributed by atoms with Crippen LogP contribution in [0.4, 0.5) is 8.78 Å². The number of amidine groups is 1. The minimum atomic E-state index is -0.541. The summed E-state index contributed by atoms with van der Waals surface area (Å²) in [6.07, 6.45) is 1.57. The van der Waals surface area contributed by atoms with E-state index in [2.05, 4.69) is 16.8 Å². The van der Waals surface area contributed by atoms with Crippen molar-refractivity contribution in [3.8, 4) is 5.75 Å². The third-order valence-electron chi connectivity index (χ3n) is 3.68. The van der Waals surface area contributed by atoms with E-state index in [4.69, 9.17) is 4.74 Å². The summed E-state index contributed by atoms with van der Waals surface area (Å²) < 4.78 is 33.1. The number of ether oxygens (including phenoxy) is 1. The van der Waals surface area contributed by atoms with Gasteiger partial charge in [-0.25, -0.2) is 8.78 Å². The molecule has 1 fully saturated rings. The molecule has 0 spiro atoms. The van der Waals surface area contributed by atoms with Gasteiger partial charge in [0.15, 0.2) is 0 Å². The fraction of sp³-hybridized carbons (Fsp3) is 0.533. The van der Waals surface area contributed by atoms with E-state index in [1.807, 2.05) is 0 Å². The number of rotatable bonds is 4. The smallest absolute Gasteiger partial charge is 0.133 e. The van der Waals surface area contributed by atoms with Crippen LogP contribution in [0.2, 0.25) is 0 Å². The van der Waals surface area contributed by atoms with Crippen molar-refractivity contribution in [1.82, 2.24) is 4.90 Å². The van der Waals surface area contributed by atoms with E-state index in [0.29, 0.717) is 13.0 Å². The molecular weight excluding hydrogens is 262 g/mol. The van der Waals surface area contributed by atoms with Crippen LogP contribution in [0.5, 0.6) is 5.75 Å². The van der Waals surface area contributed by atoms with Gasteiger partial charge in [-0.15, -0.1) is 0 Å². The topological polar surface area (TPSA) is 24.8 Å². The molecule has 1 aliphatic rings. The van der Waals surface area contributed by atoms with E-state index in [9.17, 15) is 8.78 Å². The third kappa shape index (κ3) is 2.76. The van der Waals surface area contributed by atoms with Crippen LogP contribution in [0, 0.1) is 11.6 Å². The van der Waals surface area contributed by atoms with E-state index in [-0.39, 0.29) is 17.2 Å². The number of likely N-dealkylation sites (tertiary alicyclic amines) is 1. The highest BCUT2D eigenvalue weighted by molar-refractivity contribution is 5.85. The largest absolute Gasteiger partial charge is 0.497 e. The maximum atomic E-state index is 14.1. The second kappa shape index (κ2) is 6.20. The van der Waals surface area contributed by atoms with Gasteiger partial charge in [-0.1, -0.05) is 6.92 Å². The number of methoxy groups -OCH3 is 1. The fourth-order valence-corrected chi connectivity index (χ4v) is 2.77. The molecule has 0 saturated carbocycles. The van der Waals surface area contributed by atoms with Crippen LogP contribution in [-0.4, -0.2) is 38.0 Å². The summed E-state index contributed by atoms with van der Waals surface area (Å²) in [5.41, 5.74) is 0.144. The van der Waals surface area contributed by atoms with Crippen LogP contribution in [0.25, 0.3) is 0 Å². The lowest BCUT2D eigenvalue weighted by molar-refractivity contribution is 0.399. The predicted molar refractivity (Wildman–Crippen MR) is 75.5 cm³/mol. The highest BCUT2D eigenvalue weighted by atomic mass is 19.1. The summed E-state index contributed by atoms with van der Waals surface area (Å²) >= 11 is 0. The summed E-state index contributed by atoms with van der Waals surface area (Å²) in [5, 5.41) is 0. The first-order chi connectivity index (χ1) is 9.60. The summed E-state index contributed by atoms with van der Waals surface area (Å²) in [5.74, 6) is -0.143. The second-order valence-electron chi connectivity index (χ2n) is 4.99. The lowest BCUT2D eigenvalue weighted by Gasteiger charge is -2.18. The zero-order chi connectivity index (χ0) is 14.7. The minimum Gasteiger partial charge on any atom is -0.497 e. The number of halogens is 2. The molecule has 0 bridgehead atoms. The molecule has 0 aliphatic carbocycles. The van der Waals surface area contributed by atoms with Crippen LogP contribution in [0.15, 0.2) is 17.1 Å². The zero-order valence-electron chi connectivity index (χ0n) is 12.1. The number of benzene rings is 1. The first-order valence-corrected chi connectivity index (χ1v) is 6.84. The van der Waals surface area contributed by atoms with E-state index in [1.54, 1.807) is 7.05 Å². The molecule has 1 aromatic carbocycles. The molecule has 1 unspecified atom stereocenters. The van der Waals surface area contributed by atoms with Crippen molar-refractivity contribution in [1.29, 1.82) is 0 Å². The van der Waals surface area contributed by atoms with Gasteiger partial charge in [0.2, 0.25) is 0 Å². The number of hydrogen-bond acceptors (Lipinski definition) is 2. The van der Waals surface area contributed by atoms with Crippen LogP contribution in [0.3, 0.4) is 0 Å². The molecule has 2 rings (SSSR count). The Labute approximate surface area is 118 Å². The van der Waals surface area contributed by atoms with Crippen LogP contribution >= 0.6 is 0 Å². The van der Waals surface area contributed by atoms with Crippen molar-refractivity contribution in [2.75, 3.05) is 27.2 Å². The lowest BCUT2D eigenvalue weighted by atomic mass is 9.96. The molecule has 0 amide bonds. The molecule has 0 aromatic heterocycles. The first-order valence-electron chi connectivity index (χ1n) is 6.84. The van der Waals surface area contributed by atoms with Gasteiger partial charge in [-0.3, -0.25) is 4.99 Å². The van der Waals surface area contributed by atoms with Crippen LogP contribution in [-0.2, 0) is 0 Å². The monoisotopic (exact) mass is 282 g/mol. The van der Waals surface area contributed by atoms with E-state index < -0.39 is 11.6 Å². The van der Waals surface area contributed by atoms with Gasteiger partial charge >= 0.3 is 0 Å². The van der Waals surface area contributed by atoms with E-state index in [1.165, 1.54) is 19.2 Å². The molecule has 3 nitrogen and oxygen atoms in total. The Morgan fingerprint density at radius 1 is 1.35 bits per heavy atom. The average Bonchev–Trinajstić information content (AvgIpc) is 2.81. The Morgan fingerprint density at radius 3 is 2.50 bits per heavy atom. The number of hydrogen-bond donors (Lipinski definition) is 0. The van der Waals surface area contributed by atoms with Gasteiger partial charge in [0, 0.05) is 50.2 Å². The molecule has 1 aliphatic heterocycles. The molecule has 0 radical (unpaired) electrons. The average molecular weight is 282 g/mol. The van der Waals surface area contributed by atoms with E-state index in [0.717, 1.165) is 18.8 Å². The SMILES string of the molecule is CCCN1CC(c2c(F)cc(OC)cc2F)CC1=NC. The van der Waals surface area contributed by atoms with Crippen molar-refractivity contribution in [3.63, 3.8) is 0 Å². The molecule has 110 valence electrons. The fourth-order valence-electron chi connectivity index (χ4n) is 2.77. The summed E-state index contributed by atoms with van der Waals surface area (Å²) in [6, 6.07) is 2.48. The normalized spacial score (nSPS) is 20.8. The van der Waals surface area contributed by atoms with Gasteiger partial charge in [-0.05, 0) is 6.42 Å². The Morgan fingerprint density at radius 2 is 2.00 bits per heavy atom. The summed E-state index contributed by atoms with van der Waals surface area (Å²) in [7, 11) is 3.12. The minimum absolute atomic E-state index is 0.144. The number of nitrogens with zero attached hydrogens (tertiary/aromatic N) is 2. The van der Waals surface area contributed by atoms with Gasteiger partial charge in [0.1, 0.15) is 17.4 Å². The zero-order valence-corrected chi connectivity index (χ0v) is 12.1. The van der Waals surface area contributed by atoms with Gasteiger partial charge in [0.05, 0.1) is 12.9 Å². The lowest BCUT2D eigenvalue weighted by Crippen LogP contribution is -2.26. The second-order valence-corrected chi connectivity index (χ2v) is 4.99. The number of aliphatic imine (C=N–C) groups is 1. The Kier molecular flexibility index (Phi) is 4.57. The van der Waals surface area contributed by atoms with Crippen molar-refractivity contribution in [2.45, 2.75) is 25.7 Å². The molecule has 20 heavy (non-hydrogen) atoms. The van der Waals surface area contributed by atoms with Gasteiger partial charge in [0.25, 0.3) is 0 Å². The third-order valence-corrected chi connectivity index (χ3v) is 3.68. The molecule has 1 heterocycles. The van der Waals surface area contributed by atoms with Crippen molar-refractivity contribution >= 4 is 5.84 Å². The molecule has 1 atom stereocenters. The highest BCUT2D eigenvalue weighted by Crippen LogP contribution is 2.34. The molecule has 1 saturated heterocycles. The Balaban J connectivity index is 2.29. The summed E-state index contributed by atoms with van der Waals surface area (Å²) in [6.45, 7) is 3.55. The Hall–Kier alpha value is -1.65. The molecule has 0 N–H and O–H groups in total. The maximum absolute atomic E-state index is 14.1. The quantitative estimate of drug-likeness (QED) is 0.847. The van der Waals surface area contributed by atoms with Gasteiger partial charge in [-0.2, -0.15) is 0 Å². The van der Waals surface area contributed by atoms with Crippen LogP contribution in [0.1, 0.15) is 31.2 Å². The van der Waals surface area contributed by atoms with Crippen LogP contribution < -0.4 is 4.74 Å². The van der Waals surface area contributed by atoms with Crippen molar-refractivity contribution < 1.29 is 13.5 Å². The van der Waals surface area contributed by atoms with Crippen molar-refractivity contribution in [3.05, 3.63) is 29.3 Å². The van der Waals surface area contributed by atoms with E-state index >= 15 is 0 Å². The Bertz CT molecular complexity index is 494. The van der Waals surface area contributed by atoms with Crippen molar-refractivity contribution in [2.24, 2.45) is 4.99 Å². The standard InChI is InChI=1S/C15H20F2N2O/c1-4-5-19-9-10(6-14(19)18-2)15-12(16)7-11(20-3)8-13(15)17/h7-8,10H,4-6,9H2,1-3H3. The first kappa shape index (κ1) is 14.8. The predicted octanol–water partition coefficient (Wildman–Crippen LogP) is 3.20. The molecule has 5 heteroatoms. The molecule has 1 aromatic rings. The highest BCUT2D eigenvalue weighted by Gasteiger charge is 2.32. The maximum Gasteiger partial charge on any atom is 0.133 e. The van der Waals surface area contributed by atoms with Gasteiger partial charge < -0.3 is 9.64 Å². The molecular formula is C15H20F2N2O. The summed E-state index contributed by atoms with van der Waals surface area (Å²) in [4.78, 5) is 6.33.